The molecule has 1 aromatic heterocycles. The summed E-state index contributed by atoms with van der Waals surface area (Å²) in [7, 11) is 2.26. The molecule has 74 heavy (non-hydrogen) atoms. The van der Waals surface area contributed by atoms with E-state index in [0.717, 1.165) is 77.8 Å². The fourth-order valence-electron chi connectivity index (χ4n) is 12.3. The summed E-state index contributed by atoms with van der Waals surface area (Å²) in [4.78, 5) is 74.2. The molecule has 0 spiro atoms. The van der Waals surface area contributed by atoms with Crippen LogP contribution in [0.4, 0.5) is 4.79 Å². The van der Waals surface area contributed by atoms with E-state index < -0.39 is 24.0 Å². The number of aromatic nitrogens is 2. The summed E-state index contributed by atoms with van der Waals surface area (Å²) in [6.07, 6.45) is 7.62. The van der Waals surface area contributed by atoms with Crippen molar-refractivity contribution >= 4 is 46.2 Å². The van der Waals surface area contributed by atoms with Crippen LogP contribution in [-0.2, 0) is 14.4 Å². The van der Waals surface area contributed by atoms with Crippen molar-refractivity contribution in [2.45, 2.75) is 109 Å². The molecule has 6 aromatic rings. The van der Waals surface area contributed by atoms with E-state index in [1.165, 1.54) is 27.8 Å². The van der Waals surface area contributed by atoms with Gasteiger partial charge in [-0.25, -0.2) is 9.78 Å². The number of benzene rings is 5. The number of ether oxygens (including phenoxy) is 2. The minimum absolute atomic E-state index is 0.000852. The van der Waals surface area contributed by atoms with E-state index in [4.69, 9.17) is 19.5 Å². The molecule has 5 aliphatic heterocycles. The van der Waals surface area contributed by atoms with Gasteiger partial charge < -0.3 is 29.6 Å². The highest BCUT2D eigenvalue weighted by Gasteiger charge is 2.45. The SMILES string of the molecule is CC(C)[C@H](CC(=O)Oc1ccccc1)C(=O)N1CCC[C@H]1C1=NC=C(c2ccc(-c3ccc(-c4ccc5nc([C@@H]6CCCN6C(=O)[C@@H](NC(=O)Oc6ccccc6)C(C)C)[nH]c5c4)c4c3C3CCC4N3C)cc2)C1. The number of imidazole rings is 1. The predicted molar refractivity (Wildman–Crippen MR) is 287 cm³/mol. The van der Waals surface area contributed by atoms with Crippen molar-refractivity contribution in [2.24, 2.45) is 22.7 Å². The van der Waals surface area contributed by atoms with Gasteiger partial charge in [-0.15, -0.1) is 0 Å². The first-order valence-electron chi connectivity index (χ1n) is 26.6. The Morgan fingerprint density at radius 1 is 0.662 bits per heavy atom. The number of carbonyl (C=O) groups excluding carboxylic acids is 4. The molecule has 5 aromatic carbocycles. The number of likely N-dealkylation sites (tertiary alicyclic amines) is 2. The molecule has 6 heterocycles. The average molecular weight is 992 g/mol. The van der Waals surface area contributed by atoms with E-state index in [2.05, 4.69) is 76.8 Å². The Bertz CT molecular complexity index is 3160. The van der Waals surface area contributed by atoms with Gasteiger partial charge in [0.25, 0.3) is 0 Å². The zero-order chi connectivity index (χ0) is 51.2. The number of aliphatic imine (C=N–C) groups is 1. The van der Waals surface area contributed by atoms with Gasteiger partial charge >= 0.3 is 12.1 Å². The minimum Gasteiger partial charge on any atom is -0.427 e. The Hall–Kier alpha value is -7.38. The van der Waals surface area contributed by atoms with E-state index in [0.29, 0.717) is 43.1 Å². The van der Waals surface area contributed by atoms with Crippen molar-refractivity contribution in [1.29, 1.82) is 0 Å². The Morgan fingerprint density at radius 3 is 1.91 bits per heavy atom. The summed E-state index contributed by atoms with van der Waals surface area (Å²) in [6, 6.07) is 37.4. The molecule has 0 radical (unpaired) electrons. The molecule has 3 saturated heterocycles. The van der Waals surface area contributed by atoms with Crippen LogP contribution in [-0.4, -0.2) is 86.5 Å². The lowest BCUT2D eigenvalue weighted by Gasteiger charge is -2.30. The van der Waals surface area contributed by atoms with Gasteiger partial charge in [-0.2, -0.15) is 0 Å². The lowest BCUT2D eigenvalue weighted by molar-refractivity contribution is -0.144. The van der Waals surface area contributed by atoms with Crippen LogP contribution >= 0.6 is 0 Å². The van der Waals surface area contributed by atoms with Crippen molar-refractivity contribution in [3.05, 3.63) is 144 Å². The lowest BCUT2D eigenvalue weighted by Crippen LogP contribution is -2.51. The molecule has 5 aliphatic rings. The third kappa shape index (κ3) is 9.42. The first-order chi connectivity index (χ1) is 35.9. The first-order valence-corrected chi connectivity index (χ1v) is 26.6. The summed E-state index contributed by atoms with van der Waals surface area (Å²) in [6.45, 7) is 9.09. The zero-order valence-corrected chi connectivity index (χ0v) is 42.9. The Labute approximate surface area is 433 Å². The number of rotatable bonds is 14. The highest BCUT2D eigenvalue weighted by Crippen LogP contribution is 2.57. The summed E-state index contributed by atoms with van der Waals surface area (Å²) in [5.74, 6) is 0.457. The number of para-hydroxylation sites is 2. The molecule has 13 heteroatoms. The van der Waals surface area contributed by atoms with E-state index in [9.17, 15) is 19.2 Å². The zero-order valence-electron chi connectivity index (χ0n) is 42.9. The van der Waals surface area contributed by atoms with E-state index in [1.807, 2.05) is 68.0 Å². The van der Waals surface area contributed by atoms with Crippen LogP contribution in [0.25, 0.3) is 38.9 Å². The summed E-state index contributed by atoms with van der Waals surface area (Å²) < 4.78 is 11.1. The quantitative estimate of drug-likeness (QED) is 0.0809. The van der Waals surface area contributed by atoms with Crippen molar-refractivity contribution in [3.8, 4) is 33.8 Å². The summed E-state index contributed by atoms with van der Waals surface area (Å²) in [5.41, 5.74) is 12.6. The third-order valence-corrected chi connectivity index (χ3v) is 16.2. The van der Waals surface area contributed by atoms with E-state index in [-0.39, 0.29) is 42.2 Å². The van der Waals surface area contributed by atoms with E-state index >= 15 is 0 Å². The molecule has 0 saturated carbocycles. The molecule has 6 atom stereocenters. The van der Waals surface area contributed by atoms with Gasteiger partial charge in [0.15, 0.2) is 0 Å². The largest absolute Gasteiger partial charge is 0.427 e. The van der Waals surface area contributed by atoms with Gasteiger partial charge in [-0.05, 0) is 138 Å². The number of hydrogen-bond donors (Lipinski definition) is 2. The van der Waals surface area contributed by atoms with E-state index in [1.54, 1.807) is 36.4 Å². The number of esters is 1. The first kappa shape index (κ1) is 48.9. The van der Waals surface area contributed by atoms with Gasteiger partial charge in [0.1, 0.15) is 23.4 Å². The fourth-order valence-corrected chi connectivity index (χ4v) is 12.3. The lowest BCUT2D eigenvalue weighted by atomic mass is 9.81. The molecular formula is C61H65N7O6. The topological polar surface area (TPSA) is 150 Å². The van der Waals surface area contributed by atoms with Crippen LogP contribution in [0.2, 0.25) is 0 Å². The summed E-state index contributed by atoms with van der Waals surface area (Å²) >= 11 is 0. The van der Waals surface area contributed by atoms with Gasteiger partial charge in [-0.1, -0.05) is 107 Å². The molecule has 13 nitrogen and oxygen atoms in total. The normalized spacial score (nSPS) is 21.0. The number of carbonyl (C=O) groups is 4. The van der Waals surface area contributed by atoms with Crippen molar-refractivity contribution in [3.63, 3.8) is 0 Å². The minimum atomic E-state index is -0.753. The van der Waals surface area contributed by atoms with Gasteiger partial charge in [0.2, 0.25) is 11.8 Å². The summed E-state index contributed by atoms with van der Waals surface area (Å²) in [5, 5.41) is 2.84. The third-order valence-electron chi connectivity index (χ3n) is 16.2. The van der Waals surface area contributed by atoms with Gasteiger partial charge in [0, 0.05) is 43.5 Å². The molecule has 2 bridgehead atoms. The standard InChI is InChI=1S/C61H65N7O6/c1-36(2)46(34-54(69)73-42-14-8-6-9-15-42)59(70)67-30-12-18-50(67)49-33-41(35-62-49)38-20-22-39(23-21-38)44-25-26-45(56-52-29-28-51(55(44)56)66(52)5)40-24-27-47-48(32-40)64-58(63-47)53-19-13-31-68(53)60(71)57(37(3)4)65-61(72)74-43-16-10-7-11-17-43/h6-11,14-17,20-27,32,35-37,46,50-53,57H,12-13,18-19,28-31,33-34H2,1-5H3,(H,63,64)(H,65,72)/t46-,50-,51?,52?,53-,57-/m0/s1. The molecule has 2 unspecified atom stereocenters. The van der Waals surface area contributed by atoms with Gasteiger partial charge in [-0.3, -0.25) is 24.3 Å². The second-order valence-electron chi connectivity index (χ2n) is 21.4. The number of allylic oxidation sites excluding steroid dienone is 1. The number of nitrogens with one attached hydrogen (secondary N) is 2. The number of nitrogens with zero attached hydrogens (tertiary/aromatic N) is 5. The fraction of sp³-hybridized carbons (Fsp3) is 0.377. The second-order valence-corrected chi connectivity index (χ2v) is 21.4. The smallest absolute Gasteiger partial charge is 0.413 e. The molecule has 3 fully saturated rings. The van der Waals surface area contributed by atoms with Crippen molar-refractivity contribution in [1.82, 2.24) is 30.0 Å². The Balaban J connectivity index is 0.782. The second kappa shape index (κ2) is 20.5. The van der Waals surface area contributed by atoms with Crippen LogP contribution in [0.5, 0.6) is 11.5 Å². The van der Waals surface area contributed by atoms with Crippen LogP contribution in [0.15, 0.2) is 126 Å². The number of hydrogen-bond acceptors (Lipinski definition) is 9. The Kier molecular flexibility index (Phi) is 13.5. The van der Waals surface area contributed by atoms with Crippen LogP contribution in [0.3, 0.4) is 0 Å². The van der Waals surface area contributed by atoms with Gasteiger partial charge in [0.05, 0.1) is 35.5 Å². The molecule has 11 rings (SSSR count). The van der Waals surface area contributed by atoms with Crippen molar-refractivity contribution < 1.29 is 28.7 Å². The maximum atomic E-state index is 14.2. The van der Waals surface area contributed by atoms with Crippen molar-refractivity contribution in [2.75, 3.05) is 20.1 Å². The average Bonchev–Trinajstić information content (AvgIpc) is 4.29. The monoisotopic (exact) mass is 991 g/mol. The highest BCUT2D eigenvalue weighted by atomic mass is 16.6. The molecule has 0 aliphatic carbocycles. The number of aromatic amines is 1. The molecule has 2 N–H and O–H groups in total. The maximum Gasteiger partial charge on any atom is 0.413 e. The van der Waals surface area contributed by atoms with Crippen LogP contribution in [0.1, 0.15) is 120 Å². The van der Waals surface area contributed by atoms with Crippen LogP contribution < -0.4 is 14.8 Å². The number of H-pyrrole nitrogens is 1. The van der Waals surface area contributed by atoms with Crippen LogP contribution in [0, 0.1) is 17.8 Å². The molecular weight excluding hydrogens is 927 g/mol. The highest BCUT2D eigenvalue weighted by molar-refractivity contribution is 6.03. The number of amides is 3. The maximum absolute atomic E-state index is 14.2. The Morgan fingerprint density at radius 2 is 1.26 bits per heavy atom. The molecule has 3 amide bonds. The predicted octanol–water partition coefficient (Wildman–Crippen LogP) is 11.6. The number of fused-ring (bicyclic) bond motifs is 6. The molecule has 380 valence electrons.